The lowest BCUT2D eigenvalue weighted by Gasteiger charge is -2.41. The average molecular weight is 359 g/mol. The van der Waals surface area contributed by atoms with E-state index in [2.05, 4.69) is 0 Å². The fourth-order valence-corrected chi connectivity index (χ4v) is 4.38. The predicted molar refractivity (Wildman–Crippen MR) is 93.8 cm³/mol. The van der Waals surface area contributed by atoms with Gasteiger partial charge in [-0.3, -0.25) is 19.5 Å². The number of hydrogen-bond acceptors (Lipinski definition) is 5. The second-order valence-electron chi connectivity index (χ2n) is 7.30. The summed E-state index contributed by atoms with van der Waals surface area (Å²) in [6.45, 7) is 1.40. The van der Waals surface area contributed by atoms with Gasteiger partial charge in [0.15, 0.2) is 5.58 Å². The van der Waals surface area contributed by atoms with Crippen LogP contribution < -0.4 is 5.76 Å². The lowest BCUT2D eigenvalue weighted by molar-refractivity contribution is -0.384. The quantitative estimate of drug-likeness (QED) is 0.619. The van der Waals surface area contributed by atoms with Crippen LogP contribution in [0.2, 0.25) is 0 Å². The van der Waals surface area contributed by atoms with Crippen molar-refractivity contribution < 1.29 is 14.1 Å². The topological polar surface area (TPSA) is 98.6 Å². The largest absolute Gasteiger partial charge is 0.420 e. The van der Waals surface area contributed by atoms with Crippen LogP contribution in [-0.2, 0) is 11.3 Å². The van der Waals surface area contributed by atoms with Crippen LogP contribution in [0.25, 0.3) is 11.1 Å². The van der Waals surface area contributed by atoms with Crippen molar-refractivity contribution in [2.45, 2.75) is 38.6 Å². The third-order valence-electron chi connectivity index (χ3n) is 5.80. The number of nitrogens with zero attached hydrogens (tertiary/aromatic N) is 3. The first-order valence-electron chi connectivity index (χ1n) is 9.08. The maximum absolute atomic E-state index is 12.7. The predicted octanol–water partition coefficient (Wildman–Crippen LogP) is 2.54. The molecule has 1 saturated carbocycles. The molecule has 138 valence electrons. The monoisotopic (exact) mass is 359 g/mol. The average Bonchev–Trinajstić information content (AvgIpc) is 2.95. The molecule has 1 aliphatic heterocycles. The Labute approximate surface area is 149 Å². The lowest BCUT2D eigenvalue weighted by atomic mass is 9.75. The highest BCUT2D eigenvalue weighted by atomic mass is 16.6. The lowest BCUT2D eigenvalue weighted by Crippen LogP contribution is -2.46. The van der Waals surface area contributed by atoms with Crippen LogP contribution in [0, 0.1) is 22.0 Å². The number of rotatable bonds is 3. The minimum atomic E-state index is -0.665. The Hall–Kier alpha value is -2.64. The first kappa shape index (κ1) is 16.8. The van der Waals surface area contributed by atoms with Gasteiger partial charge in [-0.15, -0.1) is 0 Å². The number of oxazole rings is 1. The number of nitro groups is 1. The van der Waals surface area contributed by atoms with E-state index < -0.39 is 10.7 Å². The van der Waals surface area contributed by atoms with Crippen molar-refractivity contribution in [3.63, 3.8) is 0 Å². The first-order valence-corrected chi connectivity index (χ1v) is 9.08. The number of piperidine rings is 1. The SMILES string of the molecule is O=C(Cn1c(=O)oc2cc([N+](=O)[O-])ccc21)N1CC[C@H]2CCCC[C@@H]2C1. The van der Waals surface area contributed by atoms with Gasteiger partial charge in [0, 0.05) is 19.2 Å². The summed E-state index contributed by atoms with van der Waals surface area (Å²) in [5.74, 6) is 0.534. The molecule has 1 amide bonds. The molecule has 0 spiro atoms. The second kappa shape index (κ2) is 6.59. The molecule has 2 fully saturated rings. The van der Waals surface area contributed by atoms with Crippen LogP contribution in [0.1, 0.15) is 32.1 Å². The Bertz CT molecular complexity index is 915. The van der Waals surface area contributed by atoms with Gasteiger partial charge in [-0.25, -0.2) is 4.79 Å². The summed E-state index contributed by atoms with van der Waals surface area (Å²) < 4.78 is 6.35. The number of carbonyl (C=O) groups excluding carboxylic acids is 1. The van der Waals surface area contributed by atoms with Crippen molar-refractivity contribution in [1.82, 2.24) is 9.47 Å². The van der Waals surface area contributed by atoms with E-state index in [1.54, 1.807) is 0 Å². The molecule has 0 N–H and O–H groups in total. The van der Waals surface area contributed by atoms with Crippen LogP contribution in [0.5, 0.6) is 0 Å². The van der Waals surface area contributed by atoms with E-state index in [0.29, 0.717) is 11.4 Å². The van der Waals surface area contributed by atoms with Crippen molar-refractivity contribution in [1.29, 1.82) is 0 Å². The maximum atomic E-state index is 12.7. The van der Waals surface area contributed by atoms with Gasteiger partial charge in [-0.2, -0.15) is 0 Å². The van der Waals surface area contributed by atoms with Gasteiger partial charge in [0.05, 0.1) is 16.5 Å². The van der Waals surface area contributed by atoms with E-state index in [4.69, 9.17) is 4.42 Å². The molecular weight excluding hydrogens is 338 g/mol. The molecule has 0 radical (unpaired) electrons. The number of amides is 1. The highest BCUT2D eigenvalue weighted by Crippen LogP contribution is 2.36. The maximum Gasteiger partial charge on any atom is 0.420 e. The summed E-state index contributed by atoms with van der Waals surface area (Å²) in [7, 11) is 0. The number of likely N-dealkylation sites (tertiary alicyclic amines) is 1. The normalized spacial score (nSPS) is 23.0. The fraction of sp³-hybridized carbons (Fsp3) is 0.556. The molecule has 1 aromatic heterocycles. The zero-order valence-electron chi connectivity index (χ0n) is 14.4. The van der Waals surface area contributed by atoms with Gasteiger partial charge >= 0.3 is 5.76 Å². The van der Waals surface area contributed by atoms with E-state index in [9.17, 15) is 19.7 Å². The molecule has 2 heterocycles. The molecule has 2 aromatic rings. The summed E-state index contributed by atoms with van der Waals surface area (Å²) >= 11 is 0. The first-order chi connectivity index (χ1) is 12.5. The standard InChI is InChI=1S/C18H21N3O5/c22-17(19-8-7-12-3-1-2-4-13(12)10-19)11-20-15-6-5-14(21(24)25)9-16(15)26-18(20)23/h5-6,9,12-13H,1-4,7-8,10-11H2/t12-,13-/m1/s1. The summed E-state index contributed by atoms with van der Waals surface area (Å²) in [6, 6.07) is 3.98. The van der Waals surface area contributed by atoms with E-state index in [1.807, 2.05) is 4.90 Å². The molecule has 8 heteroatoms. The highest BCUT2D eigenvalue weighted by molar-refractivity contribution is 5.80. The second-order valence-corrected chi connectivity index (χ2v) is 7.30. The van der Waals surface area contributed by atoms with Gasteiger partial charge < -0.3 is 9.32 Å². The van der Waals surface area contributed by atoms with Crippen molar-refractivity contribution in [3.05, 3.63) is 38.9 Å². The van der Waals surface area contributed by atoms with Crippen molar-refractivity contribution in [2.24, 2.45) is 11.8 Å². The highest BCUT2D eigenvalue weighted by Gasteiger charge is 2.33. The Morgan fingerprint density at radius 1 is 1.23 bits per heavy atom. The summed E-state index contributed by atoms with van der Waals surface area (Å²) in [5.41, 5.74) is 0.383. The molecular formula is C18H21N3O5. The molecule has 1 aliphatic carbocycles. The Morgan fingerprint density at radius 3 is 2.77 bits per heavy atom. The van der Waals surface area contributed by atoms with Crippen LogP contribution in [0.4, 0.5) is 5.69 Å². The van der Waals surface area contributed by atoms with Gasteiger partial charge in [0.25, 0.3) is 5.69 Å². The van der Waals surface area contributed by atoms with Crippen LogP contribution in [-0.4, -0.2) is 33.4 Å². The number of carbonyl (C=O) groups is 1. The summed E-state index contributed by atoms with van der Waals surface area (Å²) in [5, 5.41) is 10.9. The molecule has 1 aromatic carbocycles. The number of benzene rings is 1. The molecule has 4 rings (SSSR count). The molecule has 0 bridgehead atoms. The van der Waals surface area contributed by atoms with E-state index in [-0.39, 0.29) is 23.7 Å². The molecule has 2 atom stereocenters. The fourth-order valence-electron chi connectivity index (χ4n) is 4.38. The van der Waals surface area contributed by atoms with Crippen molar-refractivity contribution in [2.75, 3.05) is 13.1 Å². The van der Waals surface area contributed by atoms with E-state index >= 15 is 0 Å². The van der Waals surface area contributed by atoms with E-state index in [1.165, 1.54) is 48.4 Å². The Kier molecular flexibility index (Phi) is 4.26. The van der Waals surface area contributed by atoms with Crippen molar-refractivity contribution >= 4 is 22.7 Å². The molecule has 1 saturated heterocycles. The smallest absolute Gasteiger partial charge is 0.407 e. The summed E-state index contributed by atoms with van der Waals surface area (Å²) in [6.07, 6.45) is 5.99. The van der Waals surface area contributed by atoms with Crippen LogP contribution in [0.15, 0.2) is 27.4 Å². The number of fused-ring (bicyclic) bond motifs is 2. The van der Waals surface area contributed by atoms with Crippen molar-refractivity contribution in [3.8, 4) is 0 Å². The molecule has 0 unspecified atom stereocenters. The minimum Gasteiger partial charge on any atom is -0.407 e. The third kappa shape index (κ3) is 3.00. The molecule has 8 nitrogen and oxygen atoms in total. The number of hydrogen-bond donors (Lipinski definition) is 0. The number of non-ortho nitro benzene ring substituents is 1. The van der Waals surface area contributed by atoms with Gasteiger partial charge in [-0.05, 0) is 30.7 Å². The molecule has 2 aliphatic rings. The molecule has 26 heavy (non-hydrogen) atoms. The minimum absolute atomic E-state index is 0.0962. The zero-order chi connectivity index (χ0) is 18.3. The zero-order valence-corrected chi connectivity index (χ0v) is 14.4. The Balaban J connectivity index is 1.53. The number of aromatic nitrogens is 1. The Morgan fingerprint density at radius 2 is 2.00 bits per heavy atom. The van der Waals surface area contributed by atoms with Crippen LogP contribution in [0.3, 0.4) is 0 Å². The number of nitro benzene ring substituents is 1. The van der Waals surface area contributed by atoms with Crippen LogP contribution >= 0.6 is 0 Å². The van der Waals surface area contributed by atoms with E-state index in [0.717, 1.165) is 25.4 Å². The third-order valence-corrected chi connectivity index (χ3v) is 5.80. The van der Waals surface area contributed by atoms with Gasteiger partial charge in [-0.1, -0.05) is 19.3 Å². The van der Waals surface area contributed by atoms with Gasteiger partial charge in [0.1, 0.15) is 6.54 Å². The van der Waals surface area contributed by atoms with Gasteiger partial charge in [0.2, 0.25) is 5.91 Å². The summed E-state index contributed by atoms with van der Waals surface area (Å²) in [4.78, 5) is 37.0.